The van der Waals surface area contributed by atoms with E-state index in [1.165, 1.54) is 37.3 Å². The first-order valence-corrected chi connectivity index (χ1v) is 9.33. The van der Waals surface area contributed by atoms with Crippen molar-refractivity contribution in [2.24, 2.45) is 0 Å². The van der Waals surface area contributed by atoms with Gasteiger partial charge in [-0.1, -0.05) is 28.9 Å². The van der Waals surface area contributed by atoms with Gasteiger partial charge in [-0.3, -0.25) is 4.79 Å². The SMILES string of the molecule is CC(=O)Nc1ccc(S(=O)(=O)Nc2cc(-c3ccc(Cl)cc3)no2)cc1. The van der Waals surface area contributed by atoms with Crippen molar-refractivity contribution in [1.29, 1.82) is 0 Å². The number of nitrogens with zero attached hydrogens (tertiary/aromatic N) is 1. The Balaban J connectivity index is 1.77. The second-order valence-corrected chi connectivity index (χ2v) is 7.51. The van der Waals surface area contributed by atoms with E-state index in [1.807, 2.05) is 0 Å². The lowest BCUT2D eigenvalue weighted by molar-refractivity contribution is -0.114. The highest BCUT2D eigenvalue weighted by atomic mass is 35.5. The molecule has 0 saturated carbocycles. The van der Waals surface area contributed by atoms with Gasteiger partial charge in [0.05, 0.1) is 4.90 Å². The Morgan fingerprint density at radius 2 is 1.73 bits per heavy atom. The number of amides is 1. The van der Waals surface area contributed by atoms with Crippen LogP contribution in [0.25, 0.3) is 11.3 Å². The number of hydrogen-bond donors (Lipinski definition) is 2. The molecule has 0 aliphatic carbocycles. The van der Waals surface area contributed by atoms with Gasteiger partial charge in [0, 0.05) is 29.3 Å². The van der Waals surface area contributed by atoms with E-state index in [-0.39, 0.29) is 16.7 Å². The smallest absolute Gasteiger partial charge is 0.264 e. The summed E-state index contributed by atoms with van der Waals surface area (Å²) in [6.45, 7) is 1.37. The molecule has 1 aromatic heterocycles. The van der Waals surface area contributed by atoms with Gasteiger partial charge in [0.2, 0.25) is 11.8 Å². The molecule has 7 nitrogen and oxygen atoms in total. The van der Waals surface area contributed by atoms with Crippen LogP contribution >= 0.6 is 11.6 Å². The third kappa shape index (κ3) is 4.22. The molecule has 1 heterocycles. The van der Waals surface area contributed by atoms with Crippen LogP contribution in [0.4, 0.5) is 11.6 Å². The summed E-state index contributed by atoms with van der Waals surface area (Å²) in [5, 5.41) is 7.00. The van der Waals surface area contributed by atoms with E-state index >= 15 is 0 Å². The zero-order valence-electron chi connectivity index (χ0n) is 13.6. The molecule has 3 rings (SSSR count). The largest absolute Gasteiger partial charge is 0.337 e. The van der Waals surface area contributed by atoms with Crippen molar-refractivity contribution in [3.8, 4) is 11.3 Å². The van der Waals surface area contributed by atoms with Crippen LogP contribution in [0.2, 0.25) is 5.02 Å². The van der Waals surface area contributed by atoms with Crippen molar-refractivity contribution in [3.63, 3.8) is 0 Å². The van der Waals surface area contributed by atoms with Crippen LogP contribution in [0.1, 0.15) is 6.92 Å². The Morgan fingerprint density at radius 1 is 1.08 bits per heavy atom. The van der Waals surface area contributed by atoms with Crippen molar-refractivity contribution in [2.45, 2.75) is 11.8 Å². The molecule has 0 fully saturated rings. The van der Waals surface area contributed by atoms with E-state index in [0.717, 1.165) is 5.56 Å². The Morgan fingerprint density at radius 3 is 2.35 bits per heavy atom. The highest BCUT2D eigenvalue weighted by Gasteiger charge is 2.17. The summed E-state index contributed by atoms with van der Waals surface area (Å²) >= 11 is 5.84. The number of carbonyl (C=O) groups excluding carboxylic acids is 1. The Labute approximate surface area is 155 Å². The minimum absolute atomic E-state index is 0.0131. The molecule has 2 aromatic carbocycles. The molecule has 26 heavy (non-hydrogen) atoms. The van der Waals surface area contributed by atoms with Gasteiger partial charge in [-0.25, -0.2) is 13.1 Å². The summed E-state index contributed by atoms with van der Waals surface area (Å²) < 4.78 is 32.2. The molecule has 0 radical (unpaired) electrons. The molecule has 0 bridgehead atoms. The maximum Gasteiger partial charge on any atom is 0.264 e. The molecule has 134 valence electrons. The predicted molar refractivity (Wildman–Crippen MR) is 98.5 cm³/mol. The highest BCUT2D eigenvalue weighted by Crippen LogP contribution is 2.25. The summed E-state index contributed by atoms with van der Waals surface area (Å²) in [6.07, 6.45) is 0. The lowest BCUT2D eigenvalue weighted by Gasteiger charge is -2.06. The minimum atomic E-state index is -3.85. The molecular weight excluding hydrogens is 378 g/mol. The van der Waals surface area contributed by atoms with Gasteiger partial charge in [-0.05, 0) is 36.4 Å². The summed E-state index contributed by atoms with van der Waals surface area (Å²) in [6, 6.07) is 14.1. The van der Waals surface area contributed by atoms with Gasteiger partial charge in [0.1, 0.15) is 5.69 Å². The molecule has 0 saturated heterocycles. The lowest BCUT2D eigenvalue weighted by atomic mass is 10.1. The fourth-order valence-corrected chi connectivity index (χ4v) is 3.29. The monoisotopic (exact) mass is 391 g/mol. The number of rotatable bonds is 5. The first-order chi connectivity index (χ1) is 12.3. The number of halogens is 1. The van der Waals surface area contributed by atoms with Crippen molar-refractivity contribution >= 4 is 39.1 Å². The minimum Gasteiger partial charge on any atom is -0.337 e. The average molecular weight is 392 g/mol. The summed E-state index contributed by atoms with van der Waals surface area (Å²) in [7, 11) is -3.85. The number of benzene rings is 2. The van der Waals surface area contributed by atoms with Gasteiger partial charge in [0.25, 0.3) is 10.0 Å². The first kappa shape index (κ1) is 18.0. The Hall–Kier alpha value is -2.84. The fourth-order valence-electron chi connectivity index (χ4n) is 2.19. The van der Waals surface area contributed by atoms with Gasteiger partial charge in [-0.15, -0.1) is 0 Å². The zero-order chi connectivity index (χ0) is 18.7. The molecule has 0 spiro atoms. The van der Waals surface area contributed by atoms with E-state index in [0.29, 0.717) is 16.4 Å². The lowest BCUT2D eigenvalue weighted by Crippen LogP contribution is -2.12. The van der Waals surface area contributed by atoms with E-state index in [9.17, 15) is 13.2 Å². The number of sulfonamides is 1. The van der Waals surface area contributed by atoms with Gasteiger partial charge in [-0.2, -0.15) is 0 Å². The number of carbonyl (C=O) groups is 1. The number of nitrogens with one attached hydrogen (secondary N) is 2. The van der Waals surface area contributed by atoms with Crippen molar-refractivity contribution in [3.05, 3.63) is 59.6 Å². The van der Waals surface area contributed by atoms with Gasteiger partial charge in [0.15, 0.2) is 0 Å². The quantitative estimate of drug-likeness (QED) is 0.689. The highest BCUT2D eigenvalue weighted by molar-refractivity contribution is 7.92. The molecule has 0 aliphatic rings. The second kappa shape index (κ2) is 7.19. The van der Waals surface area contributed by atoms with Crippen molar-refractivity contribution in [1.82, 2.24) is 5.16 Å². The number of aromatic nitrogens is 1. The molecule has 0 aliphatic heterocycles. The molecule has 3 aromatic rings. The normalized spacial score (nSPS) is 11.2. The van der Waals surface area contributed by atoms with Crippen LogP contribution in [0, 0.1) is 0 Å². The Kier molecular flexibility index (Phi) is 4.97. The van der Waals surface area contributed by atoms with Crippen LogP contribution < -0.4 is 10.0 Å². The van der Waals surface area contributed by atoms with E-state index in [2.05, 4.69) is 15.2 Å². The zero-order valence-corrected chi connectivity index (χ0v) is 15.1. The first-order valence-electron chi connectivity index (χ1n) is 7.47. The van der Waals surface area contributed by atoms with Crippen molar-refractivity contribution in [2.75, 3.05) is 10.0 Å². The summed E-state index contributed by atoms with van der Waals surface area (Å²) in [4.78, 5) is 11.0. The maximum absolute atomic E-state index is 12.4. The van der Waals surface area contributed by atoms with Crippen LogP contribution in [0.3, 0.4) is 0 Å². The standard InChI is InChI=1S/C17H14ClN3O4S/c1-11(22)19-14-6-8-15(9-7-14)26(23,24)21-17-10-16(20-25-17)12-2-4-13(18)5-3-12/h2-10,21H,1H3,(H,19,22). The molecule has 0 unspecified atom stereocenters. The van der Waals surface area contributed by atoms with Crippen LogP contribution in [0.15, 0.2) is 64.0 Å². The van der Waals surface area contributed by atoms with Crippen LogP contribution in [0.5, 0.6) is 0 Å². The molecule has 1 amide bonds. The third-order valence-electron chi connectivity index (χ3n) is 3.37. The summed E-state index contributed by atoms with van der Waals surface area (Å²) in [5.74, 6) is -0.254. The van der Waals surface area contributed by atoms with E-state index in [1.54, 1.807) is 24.3 Å². The van der Waals surface area contributed by atoms with E-state index in [4.69, 9.17) is 16.1 Å². The van der Waals surface area contributed by atoms with Crippen LogP contribution in [-0.4, -0.2) is 19.5 Å². The van der Waals surface area contributed by atoms with Gasteiger partial charge >= 0.3 is 0 Å². The average Bonchev–Trinajstić information content (AvgIpc) is 3.03. The molecule has 9 heteroatoms. The number of hydrogen-bond acceptors (Lipinski definition) is 5. The maximum atomic E-state index is 12.4. The van der Waals surface area contributed by atoms with Gasteiger partial charge < -0.3 is 9.84 Å². The van der Waals surface area contributed by atoms with Crippen molar-refractivity contribution < 1.29 is 17.7 Å². The predicted octanol–water partition coefficient (Wildman–Crippen LogP) is 3.75. The molecular formula is C17H14ClN3O4S. The van der Waals surface area contributed by atoms with Crippen LogP contribution in [-0.2, 0) is 14.8 Å². The third-order valence-corrected chi connectivity index (χ3v) is 4.98. The fraction of sp³-hybridized carbons (Fsp3) is 0.0588. The van der Waals surface area contributed by atoms with E-state index < -0.39 is 10.0 Å². The topological polar surface area (TPSA) is 101 Å². The second-order valence-electron chi connectivity index (χ2n) is 5.39. The number of anilines is 2. The molecule has 2 N–H and O–H groups in total. The molecule has 0 atom stereocenters. The summed E-state index contributed by atoms with van der Waals surface area (Å²) in [5.41, 5.74) is 1.71. The Bertz CT molecular complexity index is 1030.